The molecule has 0 bridgehead atoms. The normalized spacial score (nSPS) is 19.3. The summed E-state index contributed by atoms with van der Waals surface area (Å²) in [5, 5.41) is 11.6. The van der Waals surface area contributed by atoms with Gasteiger partial charge in [-0.25, -0.2) is 21.6 Å². The Labute approximate surface area is 222 Å². The largest absolute Gasteiger partial charge is 0.421 e. The number of hydrogen-bond donors (Lipinski definition) is 2. The van der Waals surface area contributed by atoms with E-state index in [1.54, 1.807) is 16.3 Å². The summed E-state index contributed by atoms with van der Waals surface area (Å²) in [6, 6.07) is 10.3. The molecule has 15 heteroatoms. The maximum atomic E-state index is 13.3. The fraction of sp³-hybridized carbons (Fsp3) is 0.348. The first kappa shape index (κ1) is 28.4. The summed E-state index contributed by atoms with van der Waals surface area (Å²) in [5.41, 5.74) is -2.97. The van der Waals surface area contributed by atoms with Gasteiger partial charge in [-0.15, -0.1) is 11.3 Å². The molecule has 4 rings (SSSR count). The third kappa shape index (κ3) is 5.72. The van der Waals surface area contributed by atoms with E-state index in [4.69, 9.17) is 0 Å². The zero-order chi connectivity index (χ0) is 27.8. The molecule has 0 radical (unpaired) electrons. The second-order valence-corrected chi connectivity index (χ2v) is 13.7. The lowest BCUT2D eigenvalue weighted by Gasteiger charge is -2.42. The summed E-state index contributed by atoms with van der Waals surface area (Å²) >= 11 is 1.07. The van der Waals surface area contributed by atoms with E-state index in [2.05, 4.69) is 9.71 Å². The van der Waals surface area contributed by atoms with Crippen LogP contribution in [0.5, 0.6) is 0 Å². The minimum Gasteiger partial charge on any atom is -0.376 e. The van der Waals surface area contributed by atoms with Crippen LogP contribution in [0, 0.1) is 0 Å². The molecule has 1 fully saturated rings. The van der Waals surface area contributed by atoms with Crippen LogP contribution in [0.15, 0.2) is 75.4 Å². The molecule has 1 saturated heterocycles. The number of nitrogens with zero attached hydrogens (tertiary/aromatic N) is 3. The fourth-order valence-corrected chi connectivity index (χ4v) is 7.68. The van der Waals surface area contributed by atoms with Gasteiger partial charge >= 0.3 is 6.18 Å². The Hall–Kier alpha value is -2.56. The second-order valence-electron chi connectivity index (χ2n) is 8.80. The smallest absolute Gasteiger partial charge is 0.376 e. The molecular formula is C23H25F3N4O5S3. The first-order valence-electron chi connectivity index (χ1n) is 11.3. The summed E-state index contributed by atoms with van der Waals surface area (Å²) in [7, 11) is -7.79. The van der Waals surface area contributed by atoms with Crippen LogP contribution in [0.1, 0.15) is 12.5 Å². The van der Waals surface area contributed by atoms with Crippen molar-refractivity contribution in [1.29, 1.82) is 0 Å². The summed E-state index contributed by atoms with van der Waals surface area (Å²) in [5.74, 6) is 0. The molecule has 0 aliphatic carbocycles. The van der Waals surface area contributed by atoms with Gasteiger partial charge in [-0.3, -0.25) is 4.98 Å². The zero-order valence-corrected chi connectivity index (χ0v) is 22.5. The van der Waals surface area contributed by atoms with Gasteiger partial charge in [0.2, 0.25) is 10.0 Å². The van der Waals surface area contributed by atoms with Gasteiger partial charge < -0.3 is 10.0 Å². The van der Waals surface area contributed by atoms with Gasteiger partial charge in [-0.2, -0.15) is 17.5 Å². The van der Waals surface area contributed by atoms with Gasteiger partial charge in [0.15, 0.2) is 5.60 Å². The Kier molecular flexibility index (Phi) is 7.89. The number of aliphatic hydroxyl groups is 1. The minimum atomic E-state index is -4.89. The molecule has 2 N–H and O–H groups in total. The fourth-order valence-electron chi connectivity index (χ4n) is 4.03. The lowest BCUT2D eigenvalue weighted by molar-refractivity contribution is -0.258. The van der Waals surface area contributed by atoms with Crippen LogP contribution in [0.2, 0.25) is 0 Å². The lowest BCUT2D eigenvalue weighted by Crippen LogP contribution is -2.58. The van der Waals surface area contributed by atoms with Crippen LogP contribution in [0.3, 0.4) is 0 Å². The van der Waals surface area contributed by atoms with Crippen LogP contribution in [0.25, 0.3) is 0 Å². The van der Waals surface area contributed by atoms with Gasteiger partial charge in [-0.1, -0.05) is 18.2 Å². The average molecular weight is 591 g/mol. The number of alkyl halides is 3. The average Bonchev–Trinajstić information content (AvgIpc) is 3.43. The Bertz CT molecular complexity index is 1450. The highest BCUT2D eigenvalue weighted by Gasteiger charge is 2.51. The number of halogens is 3. The van der Waals surface area contributed by atoms with E-state index >= 15 is 0 Å². The van der Waals surface area contributed by atoms with Crippen LogP contribution in [0.4, 0.5) is 18.9 Å². The lowest BCUT2D eigenvalue weighted by atomic mass is 9.95. The van der Waals surface area contributed by atoms with Crippen molar-refractivity contribution in [3.05, 3.63) is 71.9 Å². The molecule has 9 nitrogen and oxygen atoms in total. The van der Waals surface area contributed by atoms with Crippen molar-refractivity contribution in [2.24, 2.45) is 0 Å². The molecule has 3 heterocycles. The van der Waals surface area contributed by atoms with E-state index in [-0.39, 0.29) is 40.8 Å². The molecule has 3 aromatic rings. The number of pyridine rings is 1. The van der Waals surface area contributed by atoms with Crippen molar-refractivity contribution in [2.75, 3.05) is 31.1 Å². The predicted octanol–water partition coefficient (Wildman–Crippen LogP) is 2.77. The van der Waals surface area contributed by atoms with E-state index in [9.17, 15) is 35.1 Å². The number of nitrogens with one attached hydrogen (secondary N) is 1. The third-order valence-corrected chi connectivity index (χ3v) is 10.9. The SMILES string of the molecule is C[C@@](O)(c1ccc(N2CCN(S(=O)(=O)c3cccs3)C[C@@H]2CNS(=O)(=O)c2cccnc2)cc1)C(F)(F)F. The van der Waals surface area contributed by atoms with Crippen molar-refractivity contribution in [2.45, 2.75) is 33.8 Å². The molecule has 1 aliphatic heterocycles. The molecular weight excluding hydrogens is 565 g/mol. The summed E-state index contributed by atoms with van der Waals surface area (Å²) in [4.78, 5) is 5.48. The van der Waals surface area contributed by atoms with Gasteiger partial charge in [-0.05, 0) is 48.2 Å². The Balaban J connectivity index is 1.61. The molecule has 2 aromatic heterocycles. The van der Waals surface area contributed by atoms with E-state index in [1.807, 2.05) is 0 Å². The standard InChI is InChI=1S/C23H25F3N4O5S3/c1-22(31,23(24,25)26)17-6-8-18(9-7-17)30-12-11-29(38(34,35)21-5-3-13-36-21)16-19(30)14-28-37(32,33)20-4-2-10-27-15-20/h2-10,13,15,19,28,31H,11-12,14,16H2,1H3/t19-,22+/m0/s1. The first-order chi connectivity index (χ1) is 17.7. The number of anilines is 1. The predicted molar refractivity (Wildman–Crippen MR) is 136 cm³/mol. The summed E-state index contributed by atoms with van der Waals surface area (Å²) in [6.07, 6.45) is -2.28. The third-order valence-electron chi connectivity index (χ3n) is 6.30. The minimum absolute atomic E-state index is 0.0656. The number of sulfonamides is 2. The number of benzene rings is 1. The van der Waals surface area contributed by atoms with Crippen LogP contribution < -0.4 is 9.62 Å². The molecule has 38 heavy (non-hydrogen) atoms. The molecule has 0 saturated carbocycles. The molecule has 1 aliphatic rings. The van der Waals surface area contributed by atoms with Gasteiger partial charge in [0.05, 0.1) is 6.04 Å². The Morgan fingerprint density at radius 1 is 1.08 bits per heavy atom. The number of thiophene rings is 1. The van der Waals surface area contributed by atoms with E-state index in [1.165, 1.54) is 47.0 Å². The van der Waals surface area contributed by atoms with Crippen molar-refractivity contribution in [3.63, 3.8) is 0 Å². The number of hydrogen-bond acceptors (Lipinski definition) is 8. The maximum absolute atomic E-state index is 13.3. The van der Waals surface area contributed by atoms with Crippen molar-refractivity contribution in [1.82, 2.24) is 14.0 Å². The monoisotopic (exact) mass is 590 g/mol. The van der Waals surface area contributed by atoms with Gasteiger partial charge in [0.1, 0.15) is 9.10 Å². The van der Waals surface area contributed by atoms with Crippen LogP contribution in [-0.4, -0.2) is 69.6 Å². The molecule has 206 valence electrons. The second kappa shape index (κ2) is 10.5. The highest BCUT2D eigenvalue weighted by molar-refractivity contribution is 7.91. The van der Waals surface area contributed by atoms with Crippen LogP contribution in [-0.2, 0) is 25.6 Å². The maximum Gasteiger partial charge on any atom is 0.421 e. The molecule has 1 aromatic carbocycles. The number of rotatable bonds is 8. The van der Waals surface area contributed by atoms with Crippen molar-refractivity contribution >= 4 is 37.1 Å². The van der Waals surface area contributed by atoms with E-state index in [0.717, 1.165) is 23.5 Å². The van der Waals surface area contributed by atoms with E-state index in [0.29, 0.717) is 12.6 Å². The molecule has 0 amide bonds. The van der Waals surface area contributed by atoms with Crippen molar-refractivity contribution < 1.29 is 35.1 Å². The first-order valence-corrected chi connectivity index (χ1v) is 15.1. The Morgan fingerprint density at radius 3 is 2.37 bits per heavy atom. The number of aromatic nitrogens is 1. The van der Waals surface area contributed by atoms with E-state index < -0.39 is 37.9 Å². The number of piperazine rings is 1. The quantitative estimate of drug-likeness (QED) is 0.414. The van der Waals surface area contributed by atoms with Crippen LogP contribution >= 0.6 is 11.3 Å². The topological polar surface area (TPSA) is 120 Å². The zero-order valence-electron chi connectivity index (χ0n) is 20.0. The molecule has 0 unspecified atom stereocenters. The summed E-state index contributed by atoms with van der Waals surface area (Å²) < 4.78 is 95.6. The molecule has 2 atom stereocenters. The van der Waals surface area contributed by atoms with Gasteiger partial charge in [0, 0.05) is 44.3 Å². The van der Waals surface area contributed by atoms with Gasteiger partial charge in [0.25, 0.3) is 10.0 Å². The molecule has 0 spiro atoms. The Morgan fingerprint density at radius 2 is 1.79 bits per heavy atom. The van der Waals surface area contributed by atoms with Crippen molar-refractivity contribution in [3.8, 4) is 0 Å². The highest BCUT2D eigenvalue weighted by atomic mass is 32.2. The highest BCUT2D eigenvalue weighted by Crippen LogP contribution is 2.39. The summed E-state index contributed by atoms with van der Waals surface area (Å²) in [6.45, 7) is 0.632.